The minimum atomic E-state index is -0.287. The number of fused-ring (bicyclic) bond motifs is 3. The molecule has 4 nitrogen and oxygen atoms in total. The molecule has 4 heteroatoms. The molecule has 4 bridgehead atoms. The van der Waals surface area contributed by atoms with Gasteiger partial charge in [-0.1, -0.05) is 53.5 Å². The summed E-state index contributed by atoms with van der Waals surface area (Å²) < 4.78 is 10.6. The lowest BCUT2D eigenvalue weighted by Gasteiger charge is -2.59. The van der Waals surface area contributed by atoms with E-state index in [-0.39, 0.29) is 18.0 Å². The Morgan fingerprint density at radius 2 is 1.50 bits per heavy atom. The first-order valence-electron chi connectivity index (χ1n) is 11.8. The lowest BCUT2D eigenvalue weighted by molar-refractivity contribution is -0.151. The molecule has 32 heavy (non-hydrogen) atoms. The lowest BCUT2D eigenvalue weighted by Crippen LogP contribution is -2.54. The van der Waals surface area contributed by atoms with E-state index in [2.05, 4.69) is 53.5 Å². The van der Waals surface area contributed by atoms with Crippen LogP contribution < -0.4 is 0 Å². The number of rotatable bonds is 5. The zero-order valence-electron chi connectivity index (χ0n) is 20.8. The number of carbonyl (C=O) groups is 2. The molecule has 0 spiro atoms. The van der Waals surface area contributed by atoms with Crippen molar-refractivity contribution in [3.05, 3.63) is 48.1 Å². The molecule has 0 saturated heterocycles. The molecule has 0 aliphatic heterocycles. The van der Waals surface area contributed by atoms with Gasteiger partial charge in [-0.05, 0) is 85.2 Å². The van der Waals surface area contributed by atoms with Crippen LogP contribution in [0, 0.1) is 34.5 Å². The average molecular weight is 441 g/mol. The molecule has 0 unspecified atom stereocenters. The van der Waals surface area contributed by atoms with Gasteiger partial charge in [0.05, 0.1) is 0 Å². The van der Waals surface area contributed by atoms with E-state index in [1.54, 1.807) is 13.8 Å². The van der Waals surface area contributed by atoms with Gasteiger partial charge in [0.15, 0.2) is 0 Å². The molecule has 0 aromatic carbocycles. The molecule has 0 aromatic heterocycles. The Morgan fingerprint density at radius 1 is 0.938 bits per heavy atom. The van der Waals surface area contributed by atoms with Crippen LogP contribution in [0.1, 0.15) is 67.2 Å². The van der Waals surface area contributed by atoms with Gasteiger partial charge in [0.2, 0.25) is 0 Å². The molecule has 6 aliphatic carbocycles. The SMILES string of the molecule is C=C(C)C(=O)OCC1=CC[C@H]2C[C@@H]1C2(C)C.C=C(C)C(=O)O[C@@H]1C[C@H]2C[C@@H](C1=C)C2(C)C. The van der Waals surface area contributed by atoms with Crippen molar-refractivity contribution in [2.45, 2.75) is 73.3 Å². The number of ether oxygens (including phenoxy) is 2. The van der Waals surface area contributed by atoms with E-state index in [0.717, 1.165) is 24.3 Å². The number of carbonyl (C=O) groups excluding carboxylic acids is 2. The summed E-state index contributed by atoms with van der Waals surface area (Å²) >= 11 is 0. The van der Waals surface area contributed by atoms with Crippen LogP contribution in [0.2, 0.25) is 0 Å². The van der Waals surface area contributed by atoms with Crippen molar-refractivity contribution in [1.29, 1.82) is 0 Å². The Morgan fingerprint density at radius 3 is 1.97 bits per heavy atom. The zero-order chi connectivity index (χ0) is 24.0. The topological polar surface area (TPSA) is 52.6 Å². The Bertz CT molecular complexity index is 870. The minimum absolute atomic E-state index is 0.0824. The molecule has 176 valence electrons. The van der Waals surface area contributed by atoms with Crippen LogP contribution in [0.25, 0.3) is 0 Å². The van der Waals surface area contributed by atoms with E-state index in [0.29, 0.717) is 46.3 Å². The number of hydrogen-bond donors (Lipinski definition) is 0. The van der Waals surface area contributed by atoms with Crippen LogP contribution in [0.15, 0.2) is 48.1 Å². The van der Waals surface area contributed by atoms with Crippen molar-refractivity contribution in [3.8, 4) is 0 Å². The van der Waals surface area contributed by atoms with Gasteiger partial charge >= 0.3 is 11.9 Å². The molecular formula is C28H40O4. The van der Waals surface area contributed by atoms with E-state index < -0.39 is 0 Å². The second kappa shape index (κ2) is 8.68. The normalized spacial score (nSPS) is 32.6. The van der Waals surface area contributed by atoms with Crippen LogP contribution in [0.3, 0.4) is 0 Å². The van der Waals surface area contributed by atoms with Gasteiger partial charge in [0.25, 0.3) is 0 Å². The fourth-order valence-corrected chi connectivity index (χ4v) is 5.95. The highest BCUT2D eigenvalue weighted by Crippen LogP contribution is 2.61. The molecular weight excluding hydrogens is 400 g/mol. The summed E-state index contributed by atoms with van der Waals surface area (Å²) in [6.45, 7) is 24.3. The highest BCUT2D eigenvalue weighted by molar-refractivity contribution is 5.87. The highest BCUT2D eigenvalue weighted by Gasteiger charge is 2.55. The summed E-state index contributed by atoms with van der Waals surface area (Å²) in [4.78, 5) is 22.8. The van der Waals surface area contributed by atoms with Gasteiger partial charge in [-0.3, -0.25) is 0 Å². The molecule has 6 aliphatic rings. The molecule has 5 atom stereocenters. The number of allylic oxidation sites excluding steroid dienone is 1. The molecule has 0 heterocycles. The lowest BCUT2D eigenvalue weighted by atomic mass is 9.47. The summed E-state index contributed by atoms with van der Waals surface area (Å²) in [6, 6.07) is 0. The predicted octanol–water partition coefficient (Wildman–Crippen LogP) is 6.19. The van der Waals surface area contributed by atoms with Gasteiger partial charge in [-0.2, -0.15) is 0 Å². The summed E-state index contributed by atoms with van der Waals surface area (Å²) in [5, 5.41) is 0. The molecule has 0 amide bonds. The molecule has 0 N–H and O–H groups in total. The van der Waals surface area contributed by atoms with Crippen molar-refractivity contribution >= 4 is 11.9 Å². The van der Waals surface area contributed by atoms with Gasteiger partial charge < -0.3 is 9.47 Å². The van der Waals surface area contributed by atoms with Crippen molar-refractivity contribution in [3.63, 3.8) is 0 Å². The third-order valence-corrected chi connectivity index (χ3v) is 8.73. The predicted molar refractivity (Wildman–Crippen MR) is 128 cm³/mol. The molecule has 6 rings (SSSR count). The minimum Gasteiger partial charge on any atom is -0.458 e. The van der Waals surface area contributed by atoms with Gasteiger partial charge in [0, 0.05) is 11.1 Å². The summed E-state index contributed by atoms with van der Waals surface area (Å²) in [6.07, 6.45) is 6.73. The van der Waals surface area contributed by atoms with Crippen molar-refractivity contribution in [2.24, 2.45) is 34.5 Å². The fraction of sp³-hybridized carbons (Fsp3) is 0.643. The Hall–Kier alpha value is -2.10. The van der Waals surface area contributed by atoms with E-state index in [1.807, 2.05) is 0 Å². The van der Waals surface area contributed by atoms with Gasteiger partial charge in [-0.15, -0.1) is 0 Å². The second-order valence-corrected chi connectivity index (χ2v) is 11.5. The van der Waals surface area contributed by atoms with Crippen molar-refractivity contribution in [2.75, 3.05) is 6.61 Å². The summed E-state index contributed by atoms with van der Waals surface area (Å²) in [7, 11) is 0. The molecule has 0 radical (unpaired) electrons. The van der Waals surface area contributed by atoms with E-state index in [1.165, 1.54) is 18.4 Å². The van der Waals surface area contributed by atoms with Gasteiger partial charge in [-0.25, -0.2) is 9.59 Å². The first-order valence-corrected chi connectivity index (χ1v) is 11.8. The molecule has 4 saturated carbocycles. The third-order valence-electron chi connectivity index (χ3n) is 8.73. The average Bonchev–Trinajstić information content (AvgIpc) is 2.73. The smallest absolute Gasteiger partial charge is 0.333 e. The summed E-state index contributed by atoms with van der Waals surface area (Å²) in [5.41, 5.74) is 4.10. The largest absolute Gasteiger partial charge is 0.458 e. The van der Waals surface area contributed by atoms with Crippen molar-refractivity contribution < 1.29 is 19.1 Å². The molecule has 4 fully saturated rings. The Balaban J connectivity index is 0.000000181. The maximum absolute atomic E-state index is 11.5. The highest BCUT2D eigenvalue weighted by atomic mass is 16.5. The monoisotopic (exact) mass is 440 g/mol. The van der Waals surface area contributed by atoms with E-state index >= 15 is 0 Å². The van der Waals surface area contributed by atoms with Crippen LogP contribution >= 0.6 is 0 Å². The Labute approximate surface area is 193 Å². The maximum atomic E-state index is 11.5. The quantitative estimate of drug-likeness (QED) is 0.290. The van der Waals surface area contributed by atoms with Crippen molar-refractivity contribution in [1.82, 2.24) is 0 Å². The van der Waals surface area contributed by atoms with Crippen LogP contribution in [-0.2, 0) is 19.1 Å². The first kappa shape index (κ1) is 24.5. The third kappa shape index (κ3) is 4.38. The zero-order valence-corrected chi connectivity index (χ0v) is 20.8. The summed E-state index contributed by atoms with van der Waals surface area (Å²) in [5.74, 6) is 2.08. The van der Waals surface area contributed by atoms with Gasteiger partial charge in [0.1, 0.15) is 12.7 Å². The van der Waals surface area contributed by atoms with E-state index in [9.17, 15) is 9.59 Å². The van der Waals surface area contributed by atoms with E-state index in [4.69, 9.17) is 9.47 Å². The fourth-order valence-electron chi connectivity index (χ4n) is 5.95. The standard InChI is InChI=1S/2C14H20O2/c1-8(2)13(15)16-12-7-10-6-11(9(12)3)14(10,4)5;1-9(2)13(15)16-8-10-5-6-11-7-12(10)14(11,3)4/h10-12H,1,3,6-7H2,2,4-5H3;5,11-12H,1,6-8H2,2-4H3/t10-,11+,12-;11-,12-/m10/s1. The Kier molecular flexibility index (Phi) is 6.66. The molecule has 0 aromatic rings. The van der Waals surface area contributed by atoms with Crippen LogP contribution in [0.5, 0.6) is 0 Å². The number of esters is 2. The maximum Gasteiger partial charge on any atom is 0.333 e. The van der Waals surface area contributed by atoms with Crippen LogP contribution in [0.4, 0.5) is 0 Å². The first-order chi connectivity index (χ1) is 14.8. The number of hydrogen-bond acceptors (Lipinski definition) is 4. The second-order valence-electron chi connectivity index (χ2n) is 11.5. The van der Waals surface area contributed by atoms with Crippen LogP contribution in [-0.4, -0.2) is 24.6 Å².